The Morgan fingerprint density at radius 1 is 1.29 bits per heavy atom. The zero-order chi connectivity index (χ0) is 12.7. The molecule has 0 saturated carbocycles. The van der Waals surface area contributed by atoms with Gasteiger partial charge in [0.15, 0.2) is 0 Å². The molecule has 0 unspecified atom stereocenters. The quantitative estimate of drug-likeness (QED) is 0.759. The molecule has 0 radical (unpaired) electrons. The SMILES string of the molecule is O=C(O)C[C@@H](CNC(=O)CCl)c1ccccc1. The van der Waals surface area contributed by atoms with Gasteiger partial charge in [-0.2, -0.15) is 0 Å². The summed E-state index contributed by atoms with van der Waals surface area (Å²) in [5, 5.41) is 11.4. The van der Waals surface area contributed by atoms with Gasteiger partial charge in [0.2, 0.25) is 5.91 Å². The van der Waals surface area contributed by atoms with E-state index in [2.05, 4.69) is 5.32 Å². The van der Waals surface area contributed by atoms with Gasteiger partial charge in [-0.3, -0.25) is 9.59 Å². The Balaban J connectivity index is 2.67. The van der Waals surface area contributed by atoms with Crippen molar-refractivity contribution in [2.24, 2.45) is 0 Å². The zero-order valence-corrected chi connectivity index (χ0v) is 9.98. The van der Waals surface area contributed by atoms with Gasteiger partial charge >= 0.3 is 5.97 Å². The predicted octanol–water partition coefficient (Wildman–Crippen LogP) is 1.60. The number of alkyl halides is 1. The van der Waals surface area contributed by atoms with Crippen molar-refractivity contribution in [2.75, 3.05) is 12.4 Å². The van der Waals surface area contributed by atoms with E-state index < -0.39 is 5.97 Å². The van der Waals surface area contributed by atoms with E-state index in [0.717, 1.165) is 5.56 Å². The molecule has 2 N–H and O–H groups in total. The number of hydrogen-bond donors (Lipinski definition) is 2. The van der Waals surface area contributed by atoms with Crippen molar-refractivity contribution in [3.63, 3.8) is 0 Å². The average molecular weight is 256 g/mol. The molecule has 0 spiro atoms. The van der Waals surface area contributed by atoms with Crippen LogP contribution in [0.5, 0.6) is 0 Å². The molecule has 0 saturated heterocycles. The standard InChI is InChI=1S/C12H14ClNO3/c13-7-11(15)14-8-10(6-12(16)17)9-4-2-1-3-5-9/h1-5,10H,6-8H2,(H,14,15)(H,16,17)/t10-/m0/s1. The van der Waals surface area contributed by atoms with Crippen molar-refractivity contribution < 1.29 is 14.7 Å². The molecule has 0 aliphatic rings. The van der Waals surface area contributed by atoms with E-state index in [-0.39, 0.29) is 30.7 Å². The number of carbonyl (C=O) groups is 2. The Kier molecular flexibility index (Phi) is 5.49. The van der Waals surface area contributed by atoms with Crippen molar-refractivity contribution in [3.05, 3.63) is 35.9 Å². The summed E-state index contributed by atoms with van der Waals surface area (Å²) in [6.07, 6.45) is -0.0213. The highest BCUT2D eigenvalue weighted by Gasteiger charge is 2.16. The van der Waals surface area contributed by atoms with Crippen LogP contribution in [-0.2, 0) is 9.59 Å². The van der Waals surface area contributed by atoms with Crippen LogP contribution in [0.2, 0.25) is 0 Å². The lowest BCUT2D eigenvalue weighted by atomic mass is 9.96. The fourth-order valence-corrected chi connectivity index (χ4v) is 1.62. The van der Waals surface area contributed by atoms with E-state index in [4.69, 9.17) is 16.7 Å². The summed E-state index contributed by atoms with van der Waals surface area (Å²) in [5.74, 6) is -1.54. The summed E-state index contributed by atoms with van der Waals surface area (Å²) in [7, 11) is 0. The van der Waals surface area contributed by atoms with Crippen LogP contribution in [-0.4, -0.2) is 29.4 Å². The maximum absolute atomic E-state index is 11.0. The Morgan fingerprint density at radius 3 is 2.47 bits per heavy atom. The van der Waals surface area contributed by atoms with Gasteiger partial charge in [0.1, 0.15) is 5.88 Å². The first-order valence-corrected chi connectivity index (χ1v) is 5.76. The second-order valence-corrected chi connectivity index (χ2v) is 3.91. The Labute approximate surface area is 105 Å². The van der Waals surface area contributed by atoms with Gasteiger partial charge in [-0.05, 0) is 5.56 Å². The largest absolute Gasteiger partial charge is 0.481 e. The highest BCUT2D eigenvalue weighted by molar-refractivity contribution is 6.27. The average Bonchev–Trinajstić information content (AvgIpc) is 2.34. The third kappa shape index (κ3) is 4.87. The zero-order valence-electron chi connectivity index (χ0n) is 9.23. The van der Waals surface area contributed by atoms with Crippen LogP contribution < -0.4 is 5.32 Å². The number of benzene rings is 1. The summed E-state index contributed by atoms with van der Waals surface area (Å²) in [6.45, 7) is 0.280. The number of nitrogens with one attached hydrogen (secondary N) is 1. The van der Waals surface area contributed by atoms with E-state index in [1.54, 1.807) is 0 Å². The molecule has 1 amide bonds. The van der Waals surface area contributed by atoms with Gasteiger partial charge < -0.3 is 10.4 Å². The van der Waals surface area contributed by atoms with Gasteiger partial charge in [0.25, 0.3) is 0 Å². The molecule has 17 heavy (non-hydrogen) atoms. The minimum absolute atomic E-state index is 0.0213. The number of aliphatic carboxylic acids is 1. The van der Waals surface area contributed by atoms with Crippen LogP contribution in [0.25, 0.3) is 0 Å². The first-order valence-electron chi connectivity index (χ1n) is 5.23. The van der Waals surface area contributed by atoms with E-state index in [1.165, 1.54) is 0 Å². The number of carbonyl (C=O) groups excluding carboxylic acids is 1. The fraction of sp³-hybridized carbons (Fsp3) is 0.333. The van der Waals surface area contributed by atoms with Crippen molar-refractivity contribution in [3.8, 4) is 0 Å². The molecule has 0 bridgehead atoms. The molecule has 1 aromatic rings. The van der Waals surface area contributed by atoms with Gasteiger partial charge in [0.05, 0.1) is 6.42 Å². The smallest absolute Gasteiger partial charge is 0.304 e. The van der Waals surface area contributed by atoms with Gasteiger partial charge in [-0.1, -0.05) is 30.3 Å². The Hall–Kier alpha value is -1.55. The van der Waals surface area contributed by atoms with Crippen molar-refractivity contribution in [1.82, 2.24) is 5.32 Å². The van der Waals surface area contributed by atoms with E-state index in [9.17, 15) is 9.59 Å². The summed E-state index contributed by atoms with van der Waals surface area (Å²) in [5.41, 5.74) is 0.893. The summed E-state index contributed by atoms with van der Waals surface area (Å²) in [4.78, 5) is 21.8. The topological polar surface area (TPSA) is 66.4 Å². The second kappa shape index (κ2) is 6.91. The molecule has 4 nitrogen and oxygen atoms in total. The summed E-state index contributed by atoms with van der Waals surface area (Å²) in [6, 6.07) is 9.24. The van der Waals surface area contributed by atoms with Crippen molar-refractivity contribution in [2.45, 2.75) is 12.3 Å². The first kappa shape index (κ1) is 13.5. The molecule has 0 aliphatic carbocycles. The molecule has 1 aromatic carbocycles. The van der Waals surface area contributed by atoms with Gasteiger partial charge in [-0.25, -0.2) is 0 Å². The molecule has 5 heteroatoms. The highest BCUT2D eigenvalue weighted by atomic mass is 35.5. The maximum atomic E-state index is 11.0. The molecular formula is C12H14ClNO3. The van der Waals surface area contributed by atoms with Crippen LogP contribution in [0, 0.1) is 0 Å². The molecular weight excluding hydrogens is 242 g/mol. The monoisotopic (exact) mass is 255 g/mol. The third-order valence-corrected chi connectivity index (χ3v) is 2.60. The lowest BCUT2D eigenvalue weighted by Gasteiger charge is -2.15. The molecule has 0 fully saturated rings. The number of carboxylic acids is 1. The number of hydrogen-bond acceptors (Lipinski definition) is 2. The van der Waals surface area contributed by atoms with Crippen LogP contribution in [0.3, 0.4) is 0 Å². The lowest BCUT2D eigenvalue weighted by Crippen LogP contribution is -2.30. The second-order valence-electron chi connectivity index (χ2n) is 3.64. The van der Waals surface area contributed by atoms with Crippen LogP contribution >= 0.6 is 11.6 Å². The Bertz CT molecular complexity index is 381. The van der Waals surface area contributed by atoms with E-state index in [0.29, 0.717) is 0 Å². The minimum Gasteiger partial charge on any atom is -0.481 e. The van der Waals surface area contributed by atoms with Crippen molar-refractivity contribution in [1.29, 1.82) is 0 Å². The number of amides is 1. The summed E-state index contributed by atoms with van der Waals surface area (Å²) >= 11 is 5.36. The van der Waals surface area contributed by atoms with Crippen LogP contribution in [0.15, 0.2) is 30.3 Å². The maximum Gasteiger partial charge on any atom is 0.304 e. The van der Waals surface area contributed by atoms with Crippen LogP contribution in [0.4, 0.5) is 0 Å². The predicted molar refractivity (Wildman–Crippen MR) is 65.2 cm³/mol. The molecule has 92 valence electrons. The molecule has 0 aliphatic heterocycles. The first-order chi connectivity index (χ1) is 8.13. The Morgan fingerprint density at radius 2 is 1.94 bits per heavy atom. The molecule has 0 aromatic heterocycles. The van der Waals surface area contributed by atoms with E-state index in [1.807, 2.05) is 30.3 Å². The minimum atomic E-state index is -0.890. The summed E-state index contributed by atoms with van der Waals surface area (Å²) < 4.78 is 0. The van der Waals surface area contributed by atoms with Crippen molar-refractivity contribution >= 4 is 23.5 Å². The molecule has 1 atom stereocenters. The molecule has 0 heterocycles. The highest BCUT2D eigenvalue weighted by Crippen LogP contribution is 2.18. The van der Waals surface area contributed by atoms with Gasteiger partial charge in [-0.15, -0.1) is 11.6 Å². The number of halogens is 1. The molecule has 1 rings (SSSR count). The number of rotatable bonds is 6. The van der Waals surface area contributed by atoms with Gasteiger partial charge in [0, 0.05) is 12.5 Å². The fourth-order valence-electron chi connectivity index (χ4n) is 1.53. The third-order valence-electron chi connectivity index (χ3n) is 2.36. The van der Waals surface area contributed by atoms with Crippen LogP contribution in [0.1, 0.15) is 17.9 Å². The normalized spacial score (nSPS) is 11.8. The lowest BCUT2D eigenvalue weighted by molar-refractivity contribution is -0.137. The number of carboxylic acid groups (broad SMARTS) is 1. The van der Waals surface area contributed by atoms with E-state index >= 15 is 0 Å².